The lowest BCUT2D eigenvalue weighted by molar-refractivity contribution is 0.0958. The number of hydrazine groups is 1. The molecule has 9 nitrogen and oxygen atoms in total. The third-order valence-electron chi connectivity index (χ3n) is 4.62. The Labute approximate surface area is 178 Å². The number of thiazole rings is 1. The zero-order valence-electron chi connectivity index (χ0n) is 16.8. The number of hydrogen-bond acceptors (Lipinski definition) is 8. The number of carbonyl (C=O) groups is 1. The predicted molar refractivity (Wildman–Crippen MR) is 113 cm³/mol. The molecule has 156 valence electrons. The Kier molecular flexibility index (Phi) is 6.17. The molecule has 0 radical (unpaired) electrons. The Morgan fingerprint density at radius 2 is 2.30 bits per heavy atom. The summed E-state index contributed by atoms with van der Waals surface area (Å²) in [5, 5.41) is 14.3. The van der Waals surface area contributed by atoms with Gasteiger partial charge in [-0.2, -0.15) is 5.10 Å². The summed E-state index contributed by atoms with van der Waals surface area (Å²) in [6.07, 6.45) is 5.33. The fraction of sp³-hybridized carbons (Fsp3) is 0.300. The highest BCUT2D eigenvalue weighted by Crippen LogP contribution is 2.27. The number of ether oxygens (including phenoxy) is 1. The van der Waals surface area contributed by atoms with Gasteiger partial charge in [-0.3, -0.25) is 14.9 Å². The molecule has 3 N–H and O–H groups in total. The summed E-state index contributed by atoms with van der Waals surface area (Å²) in [5.74, 6) is -0.265. The van der Waals surface area contributed by atoms with E-state index in [4.69, 9.17) is 4.74 Å². The molecule has 0 saturated heterocycles. The number of carbonyl (C=O) groups excluding carboxylic acids is 1. The van der Waals surface area contributed by atoms with E-state index in [1.807, 2.05) is 43.3 Å². The number of nitrogens with one attached hydrogen (secondary N) is 3. The average molecular weight is 426 g/mol. The molecule has 3 aromatic rings. The van der Waals surface area contributed by atoms with Crippen LogP contribution >= 0.6 is 11.3 Å². The summed E-state index contributed by atoms with van der Waals surface area (Å²) < 4.78 is 5.44. The minimum absolute atomic E-state index is 0.258. The van der Waals surface area contributed by atoms with Crippen molar-refractivity contribution < 1.29 is 9.53 Å². The number of nitrogens with zero attached hydrogens (tertiary/aromatic N) is 4. The maximum atomic E-state index is 12.9. The molecule has 1 unspecified atom stereocenters. The van der Waals surface area contributed by atoms with E-state index in [9.17, 15) is 4.79 Å². The van der Waals surface area contributed by atoms with Gasteiger partial charge in [-0.15, -0.1) is 11.3 Å². The van der Waals surface area contributed by atoms with Gasteiger partial charge in [0, 0.05) is 30.1 Å². The maximum Gasteiger partial charge on any atom is 0.275 e. The summed E-state index contributed by atoms with van der Waals surface area (Å²) >= 11 is 1.41. The van der Waals surface area contributed by atoms with Gasteiger partial charge in [-0.25, -0.2) is 10.4 Å². The molecular formula is C20H23N7O2S. The van der Waals surface area contributed by atoms with Crippen LogP contribution in [0.15, 0.2) is 47.9 Å². The molecule has 0 saturated carbocycles. The van der Waals surface area contributed by atoms with Crippen LogP contribution in [-0.2, 0) is 4.74 Å². The van der Waals surface area contributed by atoms with Gasteiger partial charge >= 0.3 is 0 Å². The average Bonchev–Trinajstić information content (AvgIpc) is 3.48. The second-order valence-electron chi connectivity index (χ2n) is 6.69. The molecule has 30 heavy (non-hydrogen) atoms. The largest absolute Gasteiger partial charge is 0.380 e. The van der Waals surface area contributed by atoms with Gasteiger partial charge in [-0.05, 0) is 26.0 Å². The second-order valence-corrected chi connectivity index (χ2v) is 7.55. The Morgan fingerprint density at radius 3 is 3.03 bits per heavy atom. The zero-order valence-corrected chi connectivity index (χ0v) is 17.6. The van der Waals surface area contributed by atoms with Gasteiger partial charge < -0.3 is 15.1 Å². The number of aromatic nitrogens is 4. The molecule has 0 aromatic carbocycles. The summed E-state index contributed by atoms with van der Waals surface area (Å²) in [6.45, 7) is 5.77. The van der Waals surface area contributed by atoms with E-state index in [1.54, 1.807) is 17.8 Å². The van der Waals surface area contributed by atoms with Crippen LogP contribution in [-0.4, -0.2) is 50.8 Å². The molecule has 1 atom stereocenters. The number of amides is 1. The smallest absolute Gasteiger partial charge is 0.275 e. The molecule has 0 bridgehead atoms. The minimum atomic E-state index is -0.265. The SMILES string of the molecule is CCOCCN1C=C(NC(=O)c2csc(-c3cn[nH]c3C)n2)C(c2ccccn2)N1. The number of H-pyrrole nitrogens is 1. The minimum Gasteiger partial charge on any atom is -0.380 e. The summed E-state index contributed by atoms with van der Waals surface area (Å²) in [4.78, 5) is 21.8. The first kappa shape index (κ1) is 20.2. The Hall–Kier alpha value is -3.08. The van der Waals surface area contributed by atoms with Crippen molar-refractivity contribution in [3.8, 4) is 10.6 Å². The fourth-order valence-corrected chi connectivity index (χ4v) is 3.96. The highest BCUT2D eigenvalue weighted by molar-refractivity contribution is 7.13. The molecular weight excluding hydrogens is 402 g/mol. The van der Waals surface area contributed by atoms with Crippen LogP contribution in [0.3, 0.4) is 0 Å². The lowest BCUT2D eigenvalue weighted by Crippen LogP contribution is -2.35. The molecule has 1 amide bonds. The molecule has 1 aliphatic rings. The predicted octanol–water partition coefficient (Wildman–Crippen LogP) is 2.41. The van der Waals surface area contributed by atoms with Crippen LogP contribution in [0, 0.1) is 6.92 Å². The first-order valence-corrected chi connectivity index (χ1v) is 10.5. The highest BCUT2D eigenvalue weighted by atomic mass is 32.1. The first-order chi connectivity index (χ1) is 14.7. The fourth-order valence-electron chi connectivity index (χ4n) is 3.09. The molecule has 0 spiro atoms. The van der Waals surface area contributed by atoms with Crippen molar-refractivity contribution in [3.63, 3.8) is 0 Å². The summed E-state index contributed by atoms with van der Waals surface area (Å²) in [7, 11) is 0. The van der Waals surface area contributed by atoms with Gasteiger partial charge in [0.15, 0.2) is 0 Å². The second kappa shape index (κ2) is 9.16. The summed E-state index contributed by atoms with van der Waals surface area (Å²) in [6, 6.07) is 5.45. The van der Waals surface area contributed by atoms with E-state index >= 15 is 0 Å². The van der Waals surface area contributed by atoms with Crippen molar-refractivity contribution in [1.82, 2.24) is 35.9 Å². The molecule has 0 fully saturated rings. The van der Waals surface area contributed by atoms with Crippen molar-refractivity contribution in [1.29, 1.82) is 0 Å². The topological polar surface area (TPSA) is 108 Å². The Balaban J connectivity index is 1.51. The molecule has 0 aliphatic carbocycles. The zero-order chi connectivity index (χ0) is 20.9. The maximum absolute atomic E-state index is 12.9. The van der Waals surface area contributed by atoms with Crippen molar-refractivity contribution in [2.75, 3.05) is 19.8 Å². The number of rotatable bonds is 8. The van der Waals surface area contributed by atoms with Crippen molar-refractivity contribution in [2.24, 2.45) is 0 Å². The standard InChI is InChI=1S/C20H23N7O2S/c1-3-29-9-8-27-11-16(18(26-27)15-6-4-5-7-21-15)23-19(28)17-12-30-20(24-17)14-10-22-25-13(14)2/h4-7,10-12,18,26H,3,8-9H2,1-2H3,(H,22,25)(H,23,28). The van der Waals surface area contributed by atoms with Gasteiger partial charge in [0.05, 0.1) is 36.3 Å². The lowest BCUT2D eigenvalue weighted by atomic mass is 10.1. The van der Waals surface area contributed by atoms with Crippen LogP contribution in [0.4, 0.5) is 0 Å². The van der Waals surface area contributed by atoms with Gasteiger partial charge in [0.25, 0.3) is 5.91 Å². The molecule has 4 heterocycles. The van der Waals surface area contributed by atoms with Crippen LogP contribution in [0.25, 0.3) is 10.6 Å². The molecule has 1 aliphatic heterocycles. The monoisotopic (exact) mass is 425 g/mol. The summed E-state index contributed by atoms with van der Waals surface area (Å²) in [5.41, 5.74) is 7.07. The lowest BCUT2D eigenvalue weighted by Gasteiger charge is -2.19. The Bertz CT molecular complexity index is 1030. The number of hydrogen-bond donors (Lipinski definition) is 3. The molecule has 10 heteroatoms. The van der Waals surface area contributed by atoms with Crippen molar-refractivity contribution >= 4 is 17.2 Å². The van der Waals surface area contributed by atoms with Crippen molar-refractivity contribution in [3.05, 3.63) is 65.0 Å². The van der Waals surface area contributed by atoms with Crippen LogP contribution in [0.5, 0.6) is 0 Å². The number of aromatic amines is 1. The first-order valence-electron chi connectivity index (χ1n) is 9.66. The number of aryl methyl sites for hydroxylation is 1. The van der Waals surface area contributed by atoms with Crippen LogP contribution < -0.4 is 10.7 Å². The van der Waals surface area contributed by atoms with E-state index in [0.717, 1.165) is 22.0 Å². The Morgan fingerprint density at radius 1 is 1.40 bits per heavy atom. The molecule has 4 rings (SSSR count). The normalized spacial score (nSPS) is 16.0. The van der Waals surface area contributed by atoms with E-state index < -0.39 is 0 Å². The van der Waals surface area contributed by atoms with Crippen LogP contribution in [0.2, 0.25) is 0 Å². The third kappa shape index (κ3) is 4.40. The van der Waals surface area contributed by atoms with E-state index in [2.05, 4.69) is 30.9 Å². The quantitative estimate of drug-likeness (QED) is 0.476. The van der Waals surface area contributed by atoms with Crippen LogP contribution in [0.1, 0.15) is 34.8 Å². The number of pyridine rings is 1. The van der Waals surface area contributed by atoms with E-state index in [-0.39, 0.29) is 11.9 Å². The van der Waals surface area contributed by atoms with Crippen molar-refractivity contribution in [2.45, 2.75) is 19.9 Å². The van der Waals surface area contributed by atoms with Gasteiger partial charge in [-0.1, -0.05) is 6.07 Å². The third-order valence-corrected chi connectivity index (χ3v) is 5.50. The van der Waals surface area contributed by atoms with E-state index in [0.29, 0.717) is 31.1 Å². The van der Waals surface area contributed by atoms with Gasteiger partial charge in [0.1, 0.15) is 16.7 Å². The highest BCUT2D eigenvalue weighted by Gasteiger charge is 2.28. The molecule has 3 aromatic heterocycles. The van der Waals surface area contributed by atoms with Gasteiger partial charge in [0.2, 0.25) is 0 Å². The van der Waals surface area contributed by atoms with E-state index in [1.165, 1.54) is 11.3 Å².